The molecule has 1 saturated heterocycles. The van der Waals surface area contributed by atoms with E-state index in [-0.39, 0.29) is 5.41 Å². The van der Waals surface area contributed by atoms with Crippen molar-refractivity contribution in [3.05, 3.63) is 34.3 Å². The van der Waals surface area contributed by atoms with Crippen LogP contribution in [-0.2, 0) is 4.74 Å². The summed E-state index contributed by atoms with van der Waals surface area (Å²) in [6.07, 6.45) is 1.66. The lowest BCUT2D eigenvalue weighted by Crippen LogP contribution is -2.66. The van der Waals surface area contributed by atoms with E-state index >= 15 is 0 Å². The van der Waals surface area contributed by atoms with E-state index < -0.39 is 0 Å². The van der Waals surface area contributed by atoms with Gasteiger partial charge in [-0.15, -0.1) is 0 Å². The molecule has 1 saturated carbocycles. The molecule has 2 fully saturated rings. The van der Waals surface area contributed by atoms with Crippen LogP contribution in [-0.4, -0.2) is 18.8 Å². The van der Waals surface area contributed by atoms with Gasteiger partial charge >= 0.3 is 0 Å². The maximum atomic E-state index is 5.86. The Bertz CT molecular complexity index is 474. The van der Waals surface area contributed by atoms with Gasteiger partial charge < -0.3 is 10.1 Å². The number of nitrogens with one attached hydrogen (secondary N) is 1. The van der Waals surface area contributed by atoms with E-state index in [9.17, 15) is 0 Å². The number of rotatable bonds is 3. The highest BCUT2D eigenvalue weighted by atomic mass is 79.9. The highest BCUT2D eigenvalue weighted by molar-refractivity contribution is 9.10. The summed E-state index contributed by atoms with van der Waals surface area (Å²) in [4.78, 5) is 0. The largest absolute Gasteiger partial charge is 0.377 e. The Kier molecular flexibility index (Phi) is 3.48. The molecule has 1 aromatic rings. The van der Waals surface area contributed by atoms with Crippen molar-refractivity contribution in [1.29, 1.82) is 0 Å². The Hall–Kier alpha value is -0.380. The Morgan fingerprint density at radius 1 is 1.37 bits per heavy atom. The maximum Gasteiger partial charge on any atom is 0.0685 e. The van der Waals surface area contributed by atoms with E-state index in [1.54, 1.807) is 0 Å². The molecule has 1 aliphatic carbocycles. The first-order chi connectivity index (χ1) is 9.01. The van der Waals surface area contributed by atoms with Crippen LogP contribution in [0, 0.1) is 11.3 Å². The van der Waals surface area contributed by atoms with Crippen molar-refractivity contribution >= 4 is 15.9 Å². The van der Waals surface area contributed by atoms with Gasteiger partial charge in [0, 0.05) is 34.5 Å². The Balaban J connectivity index is 1.74. The van der Waals surface area contributed by atoms with Crippen LogP contribution in [0.3, 0.4) is 0 Å². The summed E-state index contributed by atoms with van der Waals surface area (Å²) >= 11 is 3.65. The molecule has 1 N–H and O–H groups in total. The van der Waals surface area contributed by atoms with Crippen molar-refractivity contribution < 1.29 is 4.74 Å². The fourth-order valence-corrected chi connectivity index (χ4v) is 4.48. The van der Waals surface area contributed by atoms with Crippen LogP contribution in [0.4, 0.5) is 0 Å². The van der Waals surface area contributed by atoms with Crippen molar-refractivity contribution in [3.8, 4) is 0 Å². The van der Waals surface area contributed by atoms with E-state index in [0.717, 1.165) is 6.61 Å². The summed E-state index contributed by atoms with van der Waals surface area (Å²) in [5.41, 5.74) is 1.58. The summed E-state index contributed by atoms with van der Waals surface area (Å²) in [6, 6.07) is 9.39. The average molecular weight is 324 g/mol. The van der Waals surface area contributed by atoms with E-state index in [2.05, 4.69) is 66.3 Å². The van der Waals surface area contributed by atoms with Gasteiger partial charge in [0.15, 0.2) is 0 Å². The van der Waals surface area contributed by atoms with Crippen LogP contribution in [0.5, 0.6) is 0 Å². The Morgan fingerprint density at radius 3 is 2.84 bits per heavy atom. The number of hydrogen-bond donors (Lipinski definition) is 1. The van der Waals surface area contributed by atoms with Crippen molar-refractivity contribution in [2.45, 2.75) is 45.4 Å². The van der Waals surface area contributed by atoms with Gasteiger partial charge in [0.1, 0.15) is 0 Å². The third kappa shape index (κ3) is 2.16. The highest BCUT2D eigenvalue weighted by Crippen LogP contribution is 2.52. The SMILES string of the molecule is C[C@@H](NC1C2CCOC2C1(C)C)c1ccccc1Br. The summed E-state index contributed by atoms with van der Waals surface area (Å²) in [7, 11) is 0. The third-order valence-corrected chi connectivity index (χ3v) is 5.62. The van der Waals surface area contributed by atoms with Gasteiger partial charge in [-0.3, -0.25) is 0 Å². The summed E-state index contributed by atoms with van der Waals surface area (Å²) in [5, 5.41) is 3.83. The van der Waals surface area contributed by atoms with Gasteiger partial charge in [0.2, 0.25) is 0 Å². The molecule has 3 heteroatoms. The van der Waals surface area contributed by atoms with E-state index in [1.165, 1.54) is 16.5 Å². The predicted molar refractivity (Wildman–Crippen MR) is 81.1 cm³/mol. The van der Waals surface area contributed by atoms with Gasteiger partial charge in [0.25, 0.3) is 0 Å². The number of ether oxygens (including phenoxy) is 1. The van der Waals surface area contributed by atoms with Crippen LogP contribution in [0.2, 0.25) is 0 Å². The second-order valence-corrected chi connectivity index (χ2v) is 7.31. The molecule has 1 aromatic carbocycles. The molecule has 3 rings (SSSR count). The molecule has 2 aliphatic rings. The first kappa shape index (κ1) is 13.6. The molecular formula is C16H22BrNO. The minimum absolute atomic E-state index is 0.247. The van der Waals surface area contributed by atoms with Gasteiger partial charge in [0.05, 0.1) is 6.10 Å². The van der Waals surface area contributed by atoms with Crippen LogP contribution in [0.25, 0.3) is 0 Å². The van der Waals surface area contributed by atoms with Crippen molar-refractivity contribution in [2.75, 3.05) is 6.61 Å². The first-order valence-electron chi connectivity index (χ1n) is 7.14. The van der Waals surface area contributed by atoms with E-state index in [0.29, 0.717) is 24.1 Å². The fourth-order valence-electron chi connectivity index (χ4n) is 3.85. The highest BCUT2D eigenvalue weighted by Gasteiger charge is 2.59. The minimum Gasteiger partial charge on any atom is -0.377 e. The normalized spacial score (nSPS) is 33.6. The monoisotopic (exact) mass is 323 g/mol. The van der Waals surface area contributed by atoms with Crippen LogP contribution >= 0.6 is 15.9 Å². The van der Waals surface area contributed by atoms with E-state index in [4.69, 9.17) is 4.74 Å². The lowest BCUT2D eigenvalue weighted by Gasteiger charge is -2.55. The molecule has 104 valence electrons. The molecule has 2 nitrogen and oxygen atoms in total. The molecule has 1 aliphatic heterocycles. The Morgan fingerprint density at radius 2 is 2.11 bits per heavy atom. The van der Waals surface area contributed by atoms with Crippen molar-refractivity contribution in [3.63, 3.8) is 0 Å². The third-order valence-electron chi connectivity index (χ3n) is 4.90. The smallest absolute Gasteiger partial charge is 0.0685 e. The Labute approximate surface area is 124 Å². The van der Waals surface area contributed by atoms with Gasteiger partial charge in [-0.25, -0.2) is 0 Å². The standard InChI is InChI=1S/C16H22BrNO/c1-10(11-6-4-5-7-13(11)17)18-14-12-8-9-19-15(12)16(14,2)3/h4-7,10,12,14-15,18H,8-9H2,1-3H3/t10-,12?,14?,15?/m1/s1. The van der Waals surface area contributed by atoms with Crippen LogP contribution in [0.15, 0.2) is 28.7 Å². The fraction of sp³-hybridized carbons (Fsp3) is 0.625. The number of halogens is 1. The summed E-state index contributed by atoms with van der Waals surface area (Å²) in [5.74, 6) is 0.694. The van der Waals surface area contributed by atoms with Gasteiger partial charge in [-0.1, -0.05) is 48.0 Å². The molecule has 3 unspecified atom stereocenters. The quantitative estimate of drug-likeness (QED) is 0.910. The predicted octanol–water partition coefficient (Wildman–Crippen LogP) is 3.91. The van der Waals surface area contributed by atoms with Crippen molar-refractivity contribution in [2.24, 2.45) is 11.3 Å². The molecule has 0 amide bonds. The zero-order valence-corrected chi connectivity index (χ0v) is 13.4. The van der Waals surface area contributed by atoms with Crippen molar-refractivity contribution in [1.82, 2.24) is 5.32 Å². The van der Waals surface area contributed by atoms with E-state index in [1.807, 2.05) is 0 Å². The molecule has 19 heavy (non-hydrogen) atoms. The van der Waals surface area contributed by atoms with Crippen LogP contribution < -0.4 is 5.32 Å². The molecule has 4 atom stereocenters. The average Bonchev–Trinajstić information content (AvgIpc) is 2.83. The molecule has 1 heterocycles. The van der Waals surface area contributed by atoms with Crippen LogP contribution in [0.1, 0.15) is 38.8 Å². The topological polar surface area (TPSA) is 21.3 Å². The lowest BCUT2D eigenvalue weighted by molar-refractivity contribution is -0.115. The molecule has 0 radical (unpaired) electrons. The summed E-state index contributed by atoms with van der Waals surface area (Å²) in [6.45, 7) is 7.83. The molecular weight excluding hydrogens is 302 g/mol. The molecule has 0 spiro atoms. The summed E-state index contributed by atoms with van der Waals surface area (Å²) < 4.78 is 7.05. The second kappa shape index (κ2) is 4.87. The zero-order chi connectivity index (χ0) is 13.6. The number of fused-ring (bicyclic) bond motifs is 1. The molecule has 0 bridgehead atoms. The molecule has 0 aromatic heterocycles. The lowest BCUT2D eigenvalue weighted by atomic mass is 9.57. The first-order valence-corrected chi connectivity index (χ1v) is 7.93. The zero-order valence-electron chi connectivity index (χ0n) is 11.8. The minimum atomic E-state index is 0.247. The second-order valence-electron chi connectivity index (χ2n) is 6.45. The number of benzene rings is 1. The van der Waals surface area contributed by atoms with Gasteiger partial charge in [-0.05, 0) is 25.0 Å². The van der Waals surface area contributed by atoms with Gasteiger partial charge in [-0.2, -0.15) is 0 Å². The number of hydrogen-bond acceptors (Lipinski definition) is 2. The maximum absolute atomic E-state index is 5.86.